The molecule has 1 amide bonds. The predicted molar refractivity (Wildman–Crippen MR) is 61.7 cm³/mol. The summed E-state index contributed by atoms with van der Waals surface area (Å²) in [6, 6.07) is 5.49. The Balaban J connectivity index is 2.75. The molecule has 0 radical (unpaired) electrons. The molecule has 0 bridgehead atoms. The fourth-order valence-electron chi connectivity index (χ4n) is 0.825. The Morgan fingerprint density at radius 3 is 2.57 bits per heavy atom. The van der Waals surface area contributed by atoms with Gasteiger partial charge in [0, 0.05) is 5.41 Å². The van der Waals surface area contributed by atoms with Gasteiger partial charge in [-0.1, -0.05) is 36.1 Å². The minimum atomic E-state index is -0.390. The number of anilines is 1. The van der Waals surface area contributed by atoms with Crippen molar-refractivity contribution in [2.75, 3.05) is 5.32 Å². The van der Waals surface area contributed by atoms with Crippen LogP contribution in [0.15, 0.2) is 18.2 Å². The van der Waals surface area contributed by atoms with Crippen molar-refractivity contribution in [1.29, 1.82) is 0 Å². The lowest BCUT2D eigenvalue weighted by atomic mass is 9.96. The van der Waals surface area contributed by atoms with Gasteiger partial charge in [0.2, 0.25) is 5.91 Å². The number of hydrogen-bond acceptors (Lipinski definition) is 2. The summed E-state index contributed by atoms with van der Waals surface area (Å²) >= 11 is 0. The lowest BCUT2D eigenvalue weighted by Gasteiger charge is -2.17. The zero-order valence-corrected chi connectivity index (χ0v) is 9.82. The number of rotatable bonds is 1. The lowest BCUT2D eigenvalue weighted by Crippen LogP contribution is -2.28. The molecule has 0 aromatic carbocycles. The Hall–Kier alpha value is -0.950. The molecule has 3 nitrogen and oxygen atoms in total. The molecule has 0 saturated carbocycles. The molecule has 0 spiro atoms. The van der Waals surface area contributed by atoms with Gasteiger partial charge in [-0.15, -0.1) is 0 Å². The van der Waals surface area contributed by atoms with Crippen LogP contribution in [0.4, 0.5) is 5.82 Å². The van der Waals surface area contributed by atoms with E-state index in [2.05, 4.69) is 19.5 Å². The molecular weight excluding hydrogens is 195 g/mol. The summed E-state index contributed by atoms with van der Waals surface area (Å²) in [5.74, 6) is 0.568. The molecule has 14 heavy (non-hydrogen) atoms. The van der Waals surface area contributed by atoms with E-state index in [0.717, 1.165) is 5.44 Å². The maximum absolute atomic E-state index is 11.6. The second-order valence-electron chi connectivity index (χ2n) is 4.15. The summed E-state index contributed by atoms with van der Waals surface area (Å²) in [4.78, 5) is 15.7. The van der Waals surface area contributed by atoms with Crippen LogP contribution in [-0.4, -0.2) is 10.9 Å². The zero-order valence-electron chi connectivity index (χ0n) is 8.66. The summed E-state index contributed by atoms with van der Waals surface area (Å²) in [7, 11) is 2.49. The second-order valence-corrected chi connectivity index (χ2v) is 4.74. The number of aromatic nitrogens is 1. The van der Waals surface area contributed by atoms with Crippen molar-refractivity contribution >= 4 is 26.4 Å². The quantitative estimate of drug-likeness (QED) is 0.715. The number of amides is 1. The van der Waals surface area contributed by atoms with Crippen LogP contribution >= 0.6 is 9.24 Å². The Morgan fingerprint density at radius 2 is 2.07 bits per heavy atom. The SMILES string of the molecule is CC(C)(C)C(=O)Nc1cccc(P)n1. The number of carbonyl (C=O) groups excluding carboxylic acids is 1. The van der Waals surface area contributed by atoms with Crippen molar-refractivity contribution in [2.24, 2.45) is 5.41 Å². The molecule has 1 aromatic rings. The van der Waals surface area contributed by atoms with Gasteiger partial charge in [0.15, 0.2) is 0 Å². The molecule has 1 unspecified atom stereocenters. The second kappa shape index (κ2) is 4.05. The van der Waals surface area contributed by atoms with Gasteiger partial charge in [0.25, 0.3) is 0 Å². The molecule has 0 saturated heterocycles. The molecule has 1 aromatic heterocycles. The third kappa shape index (κ3) is 3.08. The van der Waals surface area contributed by atoms with Gasteiger partial charge in [-0.25, -0.2) is 4.98 Å². The van der Waals surface area contributed by atoms with Crippen LogP contribution in [0, 0.1) is 5.41 Å². The van der Waals surface area contributed by atoms with Gasteiger partial charge in [-0.3, -0.25) is 4.79 Å². The van der Waals surface area contributed by atoms with Crippen LogP contribution in [0.2, 0.25) is 0 Å². The lowest BCUT2D eigenvalue weighted by molar-refractivity contribution is -0.123. The van der Waals surface area contributed by atoms with Crippen molar-refractivity contribution in [3.05, 3.63) is 18.2 Å². The van der Waals surface area contributed by atoms with E-state index in [0.29, 0.717) is 5.82 Å². The van der Waals surface area contributed by atoms with Crippen molar-refractivity contribution in [2.45, 2.75) is 20.8 Å². The van der Waals surface area contributed by atoms with E-state index in [1.54, 1.807) is 6.07 Å². The number of carbonyl (C=O) groups is 1. The Kier molecular flexibility index (Phi) is 3.22. The number of nitrogens with one attached hydrogen (secondary N) is 1. The number of hydrogen-bond donors (Lipinski definition) is 1. The van der Waals surface area contributed by atoms with Gasteiger partial charge in [0.1, 0.15) is 5.82 Å². The van der Waals surface area contributed by atoms with Crippen molar-refractivity contribution in [3.8, 4) is 0 Å². The average Bonchev–Trinajstić information content (AvgIpc) is 2.02. The van der Waals surface area contributed by atoms with Crippen LogP contribution in [0.5, 0.6) is 0 Å². The molecule has 1 heterocycles. The molecule has 0 aliphatic heterocycles. The Morgan fingerprint density at radius 1 is 1.43 bits per heavy atom. The highest BCUT2D eigenvalue weighted by Gasteiger charge is 2.21. The molecule has 1 rings (SSSR count). The van der Waals surface area contributed by atoms with Gasteiger partial charge < -0.3 is 5.32 Å². The molecule has 0 fully saturated rings. The third-order valence-electron chi connectivity index (χ3n) is 1.69. The topological polar surface area (TPSA) is 42.0 Å². The Bertz CT molecular complexity index is 344. The highest BCUT2D eigenvalue weighted by atomic mass is 31.0. The summed E-state index contributed by atoms with van der Waals surface area (Å²) in [5.41, 5.74) is 0.426. The zero-order chi connectivity index (χ0) is 10.8. The van der Waals surface area contributed by atoms with E-state index in [1.165, 1.54) is 0 Å². The fraction of sp³-hybridized carbons (Fsp3) is 0.400. The van der Waals surface area contributed by atoms with Crippen LogP contribution in [0.1, 0.15) is 20.8 Å². The van der Waals surface area contributed by atoms with Crippen molar-refractivity contribution < 1.29 is 4.79 Å². The maximum Gasteiger partial charge on any atom is 0.230 e. The van der Waals surface area contributed by atoms with Crippen LogP contribution in [-0.2, 0) is 4.79 Å². The smallest absolute Gasteiger partial charge is 0.230 e. The molecule has 0 aliphatic rings. The summed E-state index contributed by atoms with van der Waals surface area (Å²) in [5, 5.41) is 2.76. The van der Waals surface area contributed by atoms with E-state index in [9.17, 15) is 4.79 Å². The fourth-order valence-corrected chi connectivity index (χ4v) is 1.08. The van der Waals surface area contributed by atoms with E-state index < -0.39 is 5.41 Å². The van der Waals surface area contributed by atoms with E-state index >= 15 is 0 Å². The normalized spacial score (nSPS) is 11.1. The highest BCUT2D eigenvalue weighted by Crippen LogP contribution is 2.15. The molecular formula is C10H15N2OP. The monoisotopic (exact) mass is 210 g/mol. The third-order valence-corrected chi connectivity index (χ3v) is 2.01. The van der Waals surface area contributed by atoms with E-state index in [4.69, 9.17) is 0 Å². The first-order chi connectivity index (χ1) is 6.39. The van der Waals surface area contributed by atoms with Crippen LogP contribution in [0.25, 0.3) is 0 Å². The molecule has 1 atom stereocenters. The Labute approximate surface area is 86.5 Å². The minimum Gasteiger partial charge on any atom is -0.310 e. The van der Waals surface area contributed by atoms with Crippen molar-refractivity contribution in [1.82, 2.24) is 4.98 Å². The first-order valence-electron chi connectivity index (χ1n) is 4.43. The number of pyridine rings is 1. The van der Waals surface area contributed by atoms with Crippen molar-refractivity contribution in [3.63, 3.8) is 0 Å². The maximum atomic E-state index is 11.6. The summed E-state index contributed by atoms with van der Waals surface area (Å²) in [6.45, 7) is 5.60. The molecule has 0 aliphatic carbocycles. The minimum absolute atomic E-state index is 0.0272. The molecule has 4 heteroatoms. The van der Waals surface area contributed by atoms with E-state index in [1.807, 2.05) is 32.9 Å². The number of nitrogens with zero attached hydrogens (tertiary/aromatic N) is 1. The van der Waals surface area contributed by atoms with Gasteiger partial charge in [0.05, 0.1) is 5.44 Å². The summed E-state index contributed by atoms with van der Waals surface area (Å²) in [6.07, 6.45) is 0. The summed E-state index contributed by atoms with van der Waals surface area (Å²) < 4.78 is 0. The first-order valence-corrected chi connectivity index (χ1v) is 5.01. The van der Waals surface area contributed by atoms with Gasteiger partial charge in [-0.2, -0.15) is 0 Å². The first kappa shape index (κ1) is 11.1. The average molecular weight is 210 g/mol. The van der Waals surface area contributed by atoms with Gasteiger partial charge >= 0.3 is 0 Å². The molecule has 76 valence electrons. The standard InChI is InChI=1S/C10H15N2OP/c1-10(2,3)9(13)12-7-5-4-6-8(14)11-7/h4-6H,14H2,1-3H3,(H,11,12,13). The van der Waals surface area contributed by atoms with Crippen LogP contribution < -0.4 is 10.8 Å². The van der Waals surface area contributed by atoms with E-state index in [-0.39, 0.29) is 5.91 Å². The predicted octanol–water partition coefficient (Wildman–Crippen LogP) is 1.57. The van der Waals surface area contributed by atoms with Gasteiger partial charge in [-0.05, 0) is 12.1 Å². The largest absolute Gasteiger partial charge is 0.310 e. The van der Waals surface area contributed by atoms with Crippen LogP contribution in [0.3, 0.4) is 0 Å². The molecule has 1 N–H and O–H groups in total. The highest BCUT2D eigenvalue weighted by molar-refractivity contribution is 7.26.